The highest BCUT2D eigenvalue weighted by molar-refractivity contribution is 5.84. The zero-order chi connectivity index (χ0) is 21.5. The number of anilines is 1. The molecule has 0 fully saturated rings. The number of hydrogen-bond acceptors (Lipinski definition) is 7. The highest BCUT2D eigenvalue weighted by Gasteiger charge is 2.21. The topological polar surface area (TPSA) is 101 Å². The summed E-state index contributed by atoms with van der Waals surface area (Å²) in [5.41, 5.74) is 4.55. The predicted octanol–water partition coefficient (Wildman–Crippen LogP) is 3.36. The van der Waals surface area contributed by atoms with Gasteiger partial charge in [0.15, 0.2) is 5.69 Å². The molecule has 0 saturated carbocycles. The zero-order valence-electron chi connectivity index (χ0n) is 17.0. The van der Waals surface area contributed by atoms with Crippen LogP contribution >= 0.6 is 0 Å². The normalized spacial score (nSPS) is 12.5. The third-order valence-corrected chi connectivity index (χ3v) is 5.43. The van der Waals surface area contributed by atoms with Crippen molar-refractivity contribution in [2.24, 2.45) is 0 Å². The van der Waals surface area contributed by atoms with E-state index in [1.807, 2.05) is 13.8 Å². The van der Waals surface area contributed by atoms with Gasteiger partial charge in [0.1, 0.15) is 29.8 Å². The molecule has 0 unspecified atom stereocenters. The van der Waals surface area contributed by atoms with Gasteiger partial charge < -0.3 is 10.1 Å². The first-order chi connectivity index (χ1) is 15.1. The second-order valence-electron chi connectivity index (χ2n) is 7.29. The Hall–Kier alpha value is -4.06. The van der Waals surface area contributed by atoms with Gasteiger partial charge in [0, 0.05) is 53.3 Å². The molecule has 1 aromatic carbocycles. The van der Waals surface area contributed by atoms with Gasteiger partial charge in [-0.1, -0.05) is 0 Å². The lowest BCUT2D eigenvalue weighted by Gasteiger charge is -2.14. The van der Waals surface area contributed by atoms with Crippen molar-refractivity contribution in [3.05, 3.63) is 65.0 Å². The van der Waals surface area contributed by atoms with Crippen LogP contribution in [0, 0.1) is 31.0 Å². The number of nitrogens with one attached hydrogen (secondary N) is 1. The molecule has 0 saturated heterocycles. The van der Waals surface area contributed by atoms with Crippen molar-refractivity contribution in [2.45, 2.75) is 26.8 Å². The highest BCUT2D eigenvalue weighted by atomic mass is 19.1. The Bertz CT molecular complexity index is 1370. The number of halogens is 1. The molecule has 0 amide bonds. The van der Waals surface area contributed by atoms with E-state index in [-0.39, 0.29) is 18.1 Å². The van der Waals surface area contributed by atoms with Gasteiger partial charge in [-0.25, -0.2) is 24.3 Å². The summed E-state index contributed by atoms with van der Waals surface area (Å²) in [5.74, 6) is 1.55. The van der Waals surface area contributed by atoms with Crippen LogP contribution in [0.3, 0.4) is 0 Å². The van der Waals surface area contributed by atoms with E-state index in [9.17, 15) is 9.65 Å². The molecule has 4 aromatic rings. The third kappa shape index (κ3) is 3.13. The summed E-state index contributed by atoms with van der Waals surface area (Å²) in [4.78, 5) is 17.5. The van der Waals surface area contributed by atoms with Crippen LogP contribution in [0.15, 0.2) is 30.9 Å². The fraction of sp³-hybridized carbons (Fsp3) is 0.227. The molecule has 8 nitrogen and oxygen atoms in total. The summed E-state index contributed by atoms with van der Waals surface area (Å²) in [6, 6.07) is 5.21. The molecular formula is C22H18FN7O. The van der Waals surface area contributed by atoms with E-state index in [2.05, 4.69) is 31.3 Å². The number of ether oxygens (including phenoxy) is 1. The van der Waals surface area contributed by atoms with Gasteiger partial charge in [0.05, 0.1) is 12.1 Å². The number of nitrogens with zero attached hydrogens (tertiary/aromatic N) is 6. The van der Waals surface area contributed by atoms with Crippen LogP contribution in [0.4, 0.5) is 10.3 Å². The summed E-state index contributed by atoms with van der Waals surface area (Å²) in [7, 11) is 0. The number of nitriles is 1. The molecule has 4 heterocycles. The van der Waals surface area contributed by atoms with Gasteiger partial charge in [-0.15, -0.1) is 0 Å². The maximum absolute atomic E-state index is 14.5. The average Bonchev–Trinajstić information content (AvgIpc) is 3.40. The van der Waals surface area contributed by atoms with Gasteiger partial charge in [-0.05, 0) is 26.0 Å². The van der Waals surface area contributed by atoms with Crippen LogP contribution < -0.4 is 10.1 Å². The Balaban J connectivity index is 1.57. The lowest BCUT2D eigenvalue weighted by molar-refractivity contribution is 0.356. The molecule has 0 radical (unpaired) electrons. The van der Waals surface area contributed by atoms with Crippen molar-refractivity contribution in [2.75, 3.05) is 11.9 Å². The first kappa shape index (κ1) is 18.9. The number of fused-ring (bicyclic) bond motifs is 2. The maximum atomic E-state index is 14.5. The minimum absolute atomic E-state index is 0.229. The fourth-order valence-electron chi connectivity index (χ4n) is 3.95. The minimum atomic E-state index is -0.291. The van der Waals surface area contributed by atoms with E-state index in [1.54, 1.807) is 22.9 Å². The predicted molar refractivity (Wildman–Crippen MR) is 111 cm³/mol. The first-order valence-electron chi connectivity index (χ1n) is 9.80. The summed E-state index contributed by atoms with van der Waals surface area (Å²) in [6.45, 7) is 4.48. The Morgan fingerprint density at radius 1 is 1.19 bits per heavy atom. The monoisotopic (exact) mass is 415 g/mol. The van der Waals surface area contributed by atoms with Crippen LogP contribution in [0.1, 0.15) is 28.3 Å². The number of aryl methyl sites for hydroxylation is 2. The van der Waals surface area contributed by atoms with Crippen LogP contribution in [0.5, 0.6) is 5.75 Å². The average molecular weight is 415 g/mol. The Morgan fingerprint density at radius 3 is 2.84 bits per heavy atom. The second kappa shape index (κ2) is 7.32. The van der Waals surface area contributed by atoms with Crippen LogP contribution in [-0.2, 0) is 13.0 Å². The zero-order valence-corrected chi connectivity index (χ0v) is 17.0. The number of rotatable bonds is 4. The molecule has 0 aliphatic carbocycles. The van der Waals surface area contributed by atoms with Gasteiger partial charge in [0.2, 0.25) is 5.95 Å². The molecule has 9 heteroatoms. The smallest absolute Gasteiger partial charge is 0.209 e. The molecule has 3 aromatic heterocycles. The number of imidazole rings is 1. The lowest BCUT2D eigenvalue weighted by Crippen LogP contribution is -2.10. The number of aromatic nitrogens is 5. The van der Waals surface area contributed by atoms with E-state index >= 15 is 0 Å². The quantitative estimate of drug-likeness (QED) is 0.545. The van der Waals surface area contributed by atoms with Crippen molar-refractivity contribution in [3.8, 4) is 22.9 Å². The van der Waals surface area contributed by atoms with Crippen molar-refractivity contribution in [3.63, 3.8) is 0 Å². The van der Waals surface area contributed by atoms with Gasteiger partial charge in [-0.3, -0.25) is 4.40 Å². The molecule has 31 heavy (non-hydrogen) atoms. The van der Waals surface area contributed by atoms with Crippen molar-refractivity contribution < 1.29 is 9.13 Å². The molecule has 5 rings (SSSR count). The molecule has 154 valence electrons. The number of hydrogen-bond donors (Lipinski definition) is 1. The van der Waals surface area contributed by atoms with E-state index < -0.39 is 0 Å². The van der Waals surface area contributed by atoms with Gasteiger partial charge in [0.25, 0.3) is 0 Å². The fourth-order valence-corrected chi connectivity index (χ4v) is 3.95. The van der Waals surface area contributed by atoms with E-state index in [4.69, 9.17) is 4.74 Å². The highest BCUT2D eigenvalue weighted by Crippen LogP contribution is 2.32. The van der Waals surface area contributed by atoms with Crippen molar-refractivity contribution in [1.29, 1.82) is 5.26 Å². The Labute approximate surface area is 177 Å². The van der Waals surface area contributed by atoms with Crippen LogP contribution in [0.25, 0.3) is 16.6 Å². The molecule has 0 spiro atoms. The first-order valence-corrected chi connectivity index (χ1v) is 9.80. The van der Waals surface area contributed by atoms with Gasteiger partial charge >= 0.3 is 0 Å². The summed E-state index contributed by atoms with van der Waals surface area (Å²) in [6.07, 6.45) is 5.59. The maximum Gasteiger partial charge on any atom is 0.209 e. The summed E-state index contributed by atoms with van der Waals surface area (Å²) < 4.78 is 21.7. The second-order valence-corrected chi connectivity index (χ2v) is 7.29. The van der Waals surface area contributed by atoms with Crippen LogP contribution in [-0.4, -0.2) is 30.9 Å². The minimum Gasteiger partial charge on any atom is -0.493 e. The Morgan fingerprint density at radius 2 is 2.03 bits per heavy atom. The molecule has 1 aliphatic rings. The van der Waals surface area contributed by atoms with Crippen LogP contribution in [0.2, 0.25) is 0 Å². The molecule has 0 bridgehead atoms. The van der Waals surface area contributed by atoms with E-state index in [0.29, 0.717) is 41.4 Å². The largest absolute Gasteiger partial charge is 0.493 e. The standard InChI is InChI=1S/C22H18FN7O/c1-12-15(8-25-13(2)29-12)17-10-27-22(30-11-28-19(7-24)21(17)30)26-9-16-14-5-6-31-20(14)4-3-18(16)23/h3-4,8,10-11H,5-6,9H2,1-2H3,(H,26,27). The molecule has 0 atom stereocenters. The molecule has 1 N–H and O–H groups in total. The number of benzene rings is 1. The van der Waals surface area contributed by atoms with Crippen molar-refractivity contribution in [1.82, 2.24) is 24.3 Å². The third-order valence-electron chi connectivity index (χ3n) is 5.43. The lowest BCUT2D eigenvalue weighted by atomic mass is 10.0. The van der Waals surface area contributed by atoms with E-state index in [1.165, 1.54) is 12.4 Å². The van der Waals surface area contributed by atoms with E-state index in [0.717, 1.165) is 22.6 Å². The van der Waals surface area contributed by atoms with Crippen molar-refractivity contribution >= 4 is 11.5 Å². The van der Waals surface area contributed by atoms with Gasteiger partial charge in [-0.2, -0.15) is 5.26 Å². The summed E-state index contributed by atoms with van der Waals surface area (Å²) >= 11 is 0. The molecular weight excluding hydrogens is 397 g/mol. The molecule has 1 aliphatic heterocycles. The Kier molecular flexibility index (Phi) is 4.47. The summed E-state index contributed by atoms with van der Waals surface area (Å²) in [5, 5.41) is 12.8. The SMILES string of the molecule is Cc1ncc(-c2cnc(NCc3c(F)ccc4c3CCO4)n3cnc(C#N)c23)c(C)n1.